The van der Waals surface area contributed by atoms with Gasteiger partial charge in [0.2, 0.25) is 5.79 Å². The van der Waals surface area contributed by atoms with Gasteiger partial charge in [0.15, 0.2) is 0 Å². The average Bonchev–Trinajstić information content (AvgIpc) is 3.02. The number of phenolic OH excluding ortho intramolecular Hbond substituents is 1. The van der Waals surface area contributed by atoms with Gasteiger partial charge in [-0.3, -0.25) is 10.1 Å². The molecule has 2 aromatic rings. The third kappa shape index (κ3) is 3.90. The number of aromatic amines is 1. The molecule has 1 aliphatic heterocycles. The summed E-state index contributed by atoms with van der Waals surface area (Å²) in [6.45, 7) is -0.890. The first-order valence-corrected chi connectivity index (χ1v) is 8.37. The quantitative estimate of drug-likeness (QED) is 0.288. The molecule has 0 bridgehead atoms. The van der Waals surface area contributed by atoms with E-state index in [0.29, 0.717) is 10.9 Å². The van der Waals surface area contributed by atoms with Crippen molar-refractivity contribution in [3.05, 3.63) is 30.0 Å². The number of hydrogen-bond donors (Lipinski definition) is 8. The third-order valence-electron chi connectivity index (χ3n) is 4.76. The summed E-state index contributed by atoms with van der Waals surface area (Å²) in [4.78, 5) is 14.6. The Morgan fingerprint density at radius 3 is 2.81 bits per heavy atom. The lowest BCUT2D eigenvalue weighted by molar-refractivity contribution is -0.318. The molecule has 5 atom stereocenters. The molecule has 0 unspecified atom stereocenters. The number of aliphatic carboxylic acids is 1. The largest absolute Gasteiger partial charge is 0.508 e. The monoisotopic (exact) mass is 382 g/mol. The molecule has 0 aliphatic carbocycles. The number of phenols is 1. The Labute approximate surface area is 153 Å². The van der Waals surface area contributed by atoms with E-state index in [0.717, 1.165) is 5.52 Å². The van der Waals surface area contributed by atoms with E-state index in [9.17, 15) is 35.4 Å². The molecule has 148 valence electrons. The van der Waals surface area contributed by atoms with Gasteiger partial charge in [0.1, 0.15) is 30.1 Å². The van der Waals surface area contributed by atoms with E-state index in [2.05, 4.69) is 10.3 Å². The Hall–Kier alpha value is -2.21. The van der Waals surface area contributed by atoms with Gasteiger partial charge in [-0.15, -0.1) is 0 Å². The molecule has 1 aromatic carbocycles. The second kappa shape index (κ2) is 7.43. The first-order chi connectivity index (χ1) is 12.7. The number of benzene rings is 1. The highest BCUT2D eigenvalue weighted by Gasteiger charge is 2.48. The third-order valence-corrected chi connectivity index (χ3v) is 4.76. The van der Waals surface area contributed by atoms with Crippen LogP contribution in [0.25, 0.3) is 10.9 Å². The number of H-pyrrole nitrogens is 1. The number of ether oxygens (including phenoxy) is 1. The summed E-state index contributed by atoms with van der Waals surface area (Å²) >= 11 is 0. The normalized spacial score (nSPS) is 29.7. The van der Waals surface area contributed by atoms with Crippen molar-refractivity contribution in [2.24, 2.45) is 0 Å². The lowest BCUT2D eigenvalue weighted by Crippen LogP contribution is -2.65. The summed E-state index contributed by atoms with van der Waals surface area (Å²) in [5, 5.41) is 61.8. The van der Waals surface area contributed by atoms with Crippen molar-refractivity contribution in [2.75, 3.05) is 13.2 Å². The van der Waals surface area contributed by atoms with E-state index in [1.165, 1.54) is 12.1 Å². The number of carboxylic acids is 1. The molecule has 1 saturated heterocycles. The summed E-state index contributed by atoms with van der Waals surface area (Å²) in [6.07, 6.45) is -3.13. The van der Waals surface area contributed by atoms with Gasteiger partial charge in [0.25, 0.3) is 0 Å². The van der Waals surface area contributed by atoms with E-state index in [4.69, 9.17) is 4.74 Å². The fourth-order valence-corrected chi connectivity index (χ4v) is 3.12. The van der Waals surface area contributed by atoms with Crippen LogP contribution in [-0.4, -0.2) is 84.9 Å². The van der Waals surface area contributed by atoms with E-state index in [1.807, 2.05) is 0 Å². The van der Waals surface area contributed by atoms with Crippen molar-refractivity contribution >= 4 is 16.9 Å². The number of carbonyl (C=O) groups is 1. The zero-order valence-corrected chi connectivity index (χ0v) is 14.2. The molecular formula is C17H22N2O8. The van der Waals surface area contributed by atoms with Crippen molar-refractivity contribution in [1.29, 1.82) is 0 Å². The Morgan fingerprint density at radius 2 is 2.11 bits per heavy atom. The topological polar surface area (TPSA) is 175 Å². The van der Waals surface area contributed by atoms with Crippen LogP contribution >= 0.6 is 0 Å². The number of carboxylic acid groups (broad SMARTS) is 1. The molecule has 27 heavy (non-hydrogen) atoms. The van der Waals surface area contributed by atoms with E-state index < -0.39 is 49.3 Å². The van der Waals surface area contributed by atoms with Crippen molar-refractivity contribution in [3.8, 4) is 5.75 Å². The number of rotatable bonds is 6. The lowest BCUT2D eigenvalue weighted by Gasteiger charge is -2.42. The molecule has 2 heterocycles. The average molecular weight is 382 g/mol. The van der Waals surface area contributed by atoms with Crippen LogP contribution in [0.5, 0.6) is 5.75 Å². The molecule has 0 amide bonds. The van der Waals surface area contributed by atoms with E-state index in [-0.39, 0.29) is 12.2 Å². The van der Waals surface area contributed by atoms with Gasteiger partial charge in [-0.25, -0.2) is 0 Å². The number of aromatic hydroxyl groups is 1. The standard InChI is InChI=1S/C17H22N2O8/c20-9-1-2-11-10(4-9)8(5-18-11)3-12(16(24)25)19-7-17(26)15(23)14(22)13(21)6-27-17/h1-2,4-5,12-15,18-23,26H,3,6-7H2,(H,24,25)/t12-,13-,14-,15-,17+/m1/s1. The van der Waals surface area contributed by atoms with Crippen molar-refractivity contribution in [3.63, 3.8) is 0 Å². The van der Waals surface area contributed by atoms with Crippen LogP contribution in [0.15, 0.2) is 24.4 Å². The second-order valence-electron chi connectivity index (χ2n) is 6.68. The number of aliphatic hydroxyl groups excluding tert-OH is 3. The molecule has 0 spiro atoms. The summed E-state index contributed by atoms with van der Waals surface area (Å²) in [5.74, 6) is -3.40. The Balaban J connectivity index is 1.73. The molecule has 10 heteroatoms. The fourth-order valence-electron chi connectivity index (χ4n) is 3.12. The van der Waals surface area contributed by atoms with Gasteiger partial charge in [-0.2, -0.15) is 0 Å². The molecule has 1 aliphatic rings. The zero-order valence-electron chi connectivity index (χ0n) is 14.2. The minimum Gasteiger partial charge on any atom is -0.508 e. The van der Waals surface area contributed by atoms with Gasteiger partial charge >= 0.3 is 5.97 Å². The highest BCUT2D eigenvalue weighted by atomic mass is 16.6. The minimum absolute atomic E-state index is 0.0239. The second-order valence-corrected chi connectivity index (χ2v) is 6.68. The summed E-state index contributed by atoms with van der Waals surface area (Å²) in [5.41, 5.74) is 1.36. The van der Waals surface area contributed by atoms with Gasteiger partial charge in [0.05, 0.1) is 13.2 Å². The molecule has 1 aromatic heterocycles. The first-order valence-electron chi connectivity index (χ1n) is 8.37. The van der Waals surface area contributed by atoms with Gasteiger partial charge in [0, 0.05) is 23.5 Å². The Bertz CT molecular complexity index is 824. The van der Waals surface area contributed by atoms with Crippen molar-refractivity contribution in [2.45, 2.75) is 36.6 Å². The molecule has 0 radical (unpaired) electrons. The summed E-state index contributed by atoms with van der Waals surface area (Å²) in [7, 11) is 0. The van der Waals surface area contributed by atoms with Crippen molar-refractivity contribution < 1.29 is 40.2 Å². The van der Waals surface area contributed by atoms with Crippen LogP contribution in [0, 0.1) is 0 Å². The molecule has 10 nitrogen and oxygen atoms in total. The SMILES string of the molecule is O=C(O)[C@@H](Cc1c[nH]c2ccc(O)cc12)NC[C@]1(O)OC[C@@H](O)[C@@H](O)[C@H]1O. The maximum Gasteiger partial charge on any atom is 0.321 e. The number of nitrogens with one attached hydrogen (secondary N) is 2. The highest BCUT2D eigenvalue weighted by Crippen LogP contribution is 2.25. The van der Waals surface area contributed by atoms with Gasteiger partial charge < -0.3 is 40.4 Å². The highest BCUT2D eigenvalue weighted by molar-refractivity contribution is 5.85. The lowest BCUT2D eigenvalue weighted by atomic mass is 9.96. The van der Waals surface area contributed by atoms with Crippen LogP contribution in [0.4, 0.5) is 0 Å². The van der Waals surface area contributed by atoms with Crippen LogP contribution in [-0.2, 0) is 16.0 Å². The number of aromatic nitrogens is 1. The zero-order chi connectivity index (χ0) is 19.8. The molecular weight excluding hydrogens is 360 g/mol. The van der Waals surface area contributed by atoms with Crippen LogP contribution in [0.1, 0.15) is 5.56 Å². The summed E-state index contributed by atoms with van der Waals surface area (Å²) < 4.78 is 5.01. The maximum atomic E-state index is 11.6. The smallest absolute Gasteiger partial charge is 0.321 e. The van der Waals surface area contributed by atoms with Crippen LogP contribution in [0.3, 0.4) is 0 Å². The molecule has 3 rings (SSSR count). The number of hydrogen-bond acceptors (Lipinski definition) is 8. The minimum atomic E-state index is -2.25. The Morgan fingerprint density at radius 1 is 1.37 bits per heavy atom. The van der Waals surface area contributed by atoms with Crippen LogP contribution in [0.2, 0.25) is 0 Å². The number of aliphatic hydroxyl groups is 4. The molecule has 8 N–H and O–H groups in total. The van der Waals surface area contributed by atoms with Gasteiger partial charge in [-0.05, 0) is 23.8 Å². The maximum absolute atomic E-state index is 11.6. The van der Waals surface area contributed by atoms with Crippen molar-refractivity contribution in [1.82, 2.24) is 10.3 Å². The fraction of sp³-hybridized carbons (Fsp3) is 0.471. The predicted molar refractivity (Wildman–Crippen MR) is 92.0 cm³/mol. The van der Waals surface area contributed by atoms with Gasteiger partial charge in [-0.1, -0.05) is 0 Å². The Kier molecular flexibility index (Phi) is 5.38. The van der Waals surface area contributed by atoms with Crippen LogP contribution < -0.4 is 5.32 Å². The molecule has 0 saturated carbocycles. The first kappa shape index (κ1) is 19.5. The van der Waals surface area contributed by atoms with E-state index >= 15 is 0 Å². The number of fused-ring (bicyclic) bond motifs is 1. The molecule has 1 fully saturated rings. The van der Waals surface area contributed by atoms with E-state index in [1.54, 1.807) is 12.3 Å². The summed E-state index contributed by atoms with van der Waals surface area (Å²) in [6, 6.07) is 3.54. The predicted octanol–water partition coefficient (Wildman–Crippen LogP) is -1.74.